The Morgan fingerprint density at radius 3 is 1.23 bits per heavy atom. The number of hydrogen-bond donors (Lipinski definition) is 0. The SMILES string of the molecule is COc1cccc(N(c2ccccc2)c2ccc(N(c3ccc4c(c3)C(C)(C)c3ccccc3-4)c3ccc4cc(N(c5ccccc5)c5ccccc5)ccc4c3)cc2)c1. The second kappa shape index (κ2) is 15.3. The lowest BCUT2D eigenvalue weighted by Crippen LogP contribution is -2.16. The van der Waals surface area contributed by atoms with Gasteiger partial charge in [-0.05, 0) is 142 Å². The summed E-state index contributed by atoms with van der Waals surface area (Å²) in [6, 6.07) is 78.3. The number of para-hydroxylation sites is 3. The summed E-state index contributed by atoms with van der Waals surface area (Å²) in [6.45, 7) is 4.69. The number of methoxy groups -OCH3 is 1. The minimum Gasteiger partial charge on any atom is -0.497 e. The Morgan fingerprint density at radius 1 is 0.317 bits per heavy atom. The van der Waals surface area contributed by atoms with Gasteiger partial charge >= 0.3 is 0 Å². The summed E-state index contributed by atoms with van der Waals surface area (Å²) in [7, 11) is 1.71. The summed E-state index contributed by atoms with van der Waals surface area (Å²) < 4.78 is 5.65. The maximum atomic E-state index is 5.65. The molecule has 0 N–H and O–H groups in total. The molecule has 0 heterocycles. The van der Waals surface area contributed by atoms with Gasteiger partial charge in [-0.3, -0.25) is 0 Å². The van der Waals surface area contributed by atoms with Crippen molar-refractivity contribution < 1.29 is 4.74 Å². The molecule has 0 saturated heterocycles. The van der Waals surface area contributed by atoms with E-state index in [9.17, 15) is 0 Å². The molecule has 0 bridgehead atoms. The molecule has 0 atom stereocenters. The van der Waals surface area contributed by atoms with E-state index in [0.29, 0.717) is 0 Å². The summed E-state index contributed by atoms with van der Waals surface area (Å²) in [5.74, 6) is 0.814. The summed E-state index contributed by atoms with van der Waals surface area (Å²) in [4.78, 5) is 6.98. The van der Waals surface area contributed by atoms with Crippen LogP contribution in [0.5, 0.6) is 5.75 Å². The Morgan fingerprint density at radius 2 is 0.700 bits per heavy atom. The van der Waals surface area contributed by atoms with Crippen LogP contribution in [0, 0.1) is 0 Å². The molecule has 9 aromatic rings. The van der Waals surface area contributed by atoms with Gasteiger partial charge < -0.3 is 19.4 Å². The van der Waals surface area contributed by atoms with Crippen molar-refractivity contribution in [2.45, 2.75) is 19.3 Å². The standard InChI is InChI=1S/C56H45N3O/c1-56(2)54-25-14-13-24-52(54)53-35-34-50(39-55(53)56)59(46-32-30-45(31-33-46)58(44-20-11-6-12-21-44)47-22-15-23-51(38-47)60-3)49-29-27-40-36-48(28-26-41(40)37-49)57(42-16-7-4-8-17-42)43-18-9-5-10-19-43/h4-39H,1-3H3. The third-order valence-corrected chi connectivity index (χ3v) is 11.9. The fraction of sp³-hybridized carbons (Fsp3) is 0.0714. The average Bonchev–Trinajstić information content (AvgIpc) is 3.53. The Balaban J connectivity index is 1.09. The normalized spacial score (nSPS) is 12.4. The first-order valence-corrected chi connectivity index (χ1v) is 20.5. The monoisotopic (exact) mass is 775 g/mol. The van der Waals surface area contributed by atoms with Crippen LogP contribution in [-0.2, 0) is 5.41 Å². The minimum absolute atomic E-state index is 0.131. The first kappa shape index (κ1) is 36.8. The van der Waals surface area contributed by atoms with Crippen LogP contribution in [0.4, 0.5) is 51.2 Å². The van der Waals surface area contributed by atoms with Gasteiger partial charge in [0.1, 0.15) is 5.75 Å². The molecule has 0 aromatic heterocycles. The third kappa shape index (κ3) is 6.62. The van der Waals surface area contributed by atoms with Crippen molar-refractivity contribution >= 4 is 62.0 Å². The Bertz CT molecular complexity index is 2910. The van der Waals surface area contributed by atoms with E-state index in [2.05, 4.69) is 235 Å². The Hall–Kier alpha value is -7.56. The molecule has 0 amide bonds. The Kier molecular flexibility index (Phi) is 9.38. The molecule has 290 valence electrons. The van der Waals surface area contributed by atoms with E-state index in [0.717, 1.165) is 56.9 Å². The van der Waals surface area contributed by atoms with E-state index >= 15 is 0 Å². The van der Waals surface area contributed by atoms with Gasteiger partial charge in [-0.15, -0.1) is 0 Å². The summed E-state index contributed by atoms with van der Waals surface area (Å²) in [5.41, 5.74) is 15.0. The quantitative estimate of drug-likeness (QED) is 0.138. The zero-order chi connectivity index (χ0) is 40.6. The van der Waals surface area contributed by atoms with Crippen molar-refractivity contribution in [3.63, 3.8) is 0 Å². The predicted octanol–water partition coefficient (Wildman–Crippen LogP) is 15.6. The van der Waals surface area contributed by atoms with Gasteiger partial charge in [0.05, 0.1) is 7.11 Å². The highest BCUT2D eigenvalue weighted by Crippen LogP contribution is 2.51. The Labute approximate surface area is 352 Å². The van der Waals surface area contributed by atoms with Crippen molar-refractivity contribution in [2.24, 2.45) is 0 Å². The van der Waals surface area contributed by atoms with Gasteiger partial charge in [-0.1, -0.05) is 117 Å². The third-order valence-electron chi connectivity index (χ3n) is 11.9. The van der Waals surface area contributed by atoms with Crippen molar-refractivity contribution in [2.75, 3.05) is 21.8 Å². The molecule has 0 radical (unpaired) electrons. The van der Waals surface area contributed by atoms with E-state index in [1.165, 1.54) is 33.0 Å². The number of ether oxygens (including phenoxy) is 1. The topological polar surface area (TPSA) is 19.0 Å². The zero-order valence-corrected chi connectivity index (χ0v) is 34.0. The molecule has 0 spiro atoms. The highest BCUT2D eigenvalue weighted by molar-refractivity contribution is 5.94. The van der Waals surface area contributed by atoms with Crippen LogP contribution in [0.2, 0.25) is 0 Å². The molecule has 4 heteroatoms. The van der Waals surface area contributed by atoms with E-state index in [1.807, 2.05) is 12.1 Å². The van der Waals surface area contributed by atoms with Crippen LogP contribution in [0.1, 0.15) is 25.0 Å². The number of fused-ring (bicyclic) bond motifs is 4. The van der Waals surface area contributed by atoms with Crippen LogP contribution < -0.4 is 19.4 Å². The van der Waals surface area contributed by atoms with Gasteiger partial charge in [0.2, 0.25) is 0 Å². The molecule has 9 aromatic carbocycles. The van der Waals surface area contributed by atoms with Crippen LogP contribution in [0.25, 0.3) is 21.9 Å². The number of nitrogens with zero attached hydrogens (tertiary/aromatic N) is 3. The second-order valence-electron chi connectivity index (χ2n) is 15.8. The van der Waals surface area contributed by atoms with Crippen molar-refractivity contribution in [3.8, 4) is 16.9 Å². The maximum absolute atomic E-state index is 5.65. The minimum atomic E-state index is -0.131. The molecular weight excluding hydrogens is 731 g/mol. The fourth-order valence-corrected chi connectivity index (χ4v) is 8.90. The van der Waals surface area contributed by atoms with Crippen LogP contribution in [0.3, 0.4) is 0 Å². The molecule has 0 aliphatic heterocycles. The molecule has 4 nitrogen and oxygen atoms in total. The largest absolute Gasteiger partial charge is 0.497 e. The lowest BCUT2D eigenvalue weighted by atomic mass is 9.82. The highest BCUT2D eigenvalue weighted by Gasteiger charge is 2.35. The van der Waals surface area contributed by atoms with E-state index in [1.54, 1.807) is 7.11 Å². The summed E-state index contributed by atoms with van der Waals surface area (Å²) >= 11 is 0. The first-order chi connectivity index (χ1) is 29.5. The smallest absolute Gasteiger partial charge is 0.120 e. The molecule has 10 rings (SSSR count). The van der Waals surface area contributed by atoms with Crippen molar-refractivity contribution in [3.05, 3.63) is 230 Å². The maximum Gasteiger partial charge on any atom is 0.120 e. The second-order valence-corrected chi connectivity index (χ2v) is 15.8. The van der Waals surface area contributed by atoms with E-state index in [4.69, 9.17) is 4.74 Å². The first-order valence-electron chi connectivity index (χ1n) is 20.5. The van der Waals surface area contributed by atoms with Crippen molar-refractivity contribution in [1.82, 2.24) is 0 Å². The summed E-state index contributed by atoms with van der Waals surface area (Å²) in [5, 5.41) is 2.34. The molecule has 1 aliphatic rings. The molecule has 0 saturated carbocycles. The number of anilines is 9. The van der Waals surface area contributed by atoms with Gasteiger partial charge in [-0.2, -0.15) is 0 Å². The molecule has 60 heavy (non-hydrogen) atoms. The van der Waals surface area contributed by atoms with E-state index in [-0.39, 0.29) is 5.41 Å². The van der Waals surface area contributed by atoms with Gasteiger partial charge in [-0.25, -0.2) is 0 Å². The summed E-state index contributed by atoms with van der Waals surface area (Å²) in [6.07, 6.45) is 0. The van der Waals surface area contributed by atoms with Gasteiger partial charge in [0.15, 0.2) is 0 Å². The molecular formula is C56H45N3O. The van der Waals surface area contributed by atoms with Crippen LogP contribution in [0.15, 0.2) is 218 Å². The molecule has 0 unspecified atom stereocenters. The number of rotatable bonds is 10. The van der Waals surface area contributed by atoms with Crippen LogP contribution >= 0.6 is 0 Å². The van der Waals surface area contributed by atoms with Gasteiger partial charge in [0, 0.05) is 62.7 Å². The average molecular weight is 776 g/mol. The van der Waals surface area contributed by atoms with Crippen molar-refractivity contribution in [1.29, 1.82) is 0 Å². The molecule has 1 aliphatic carbocycles. The molecule has 0 fully saturated rings. The van der Waals surface area contributed by atoms with Gasteiger partial charge in [0.25, 0.3) is 0 Å². The fourth-order valence-electron chi connectivity index (χ4n) is 8.90. The lowest BCUT2D eigenvalue weighted by Gasteiger charge is -2.30. The predicted molar refractivity (Wildman–Crippen MR) is 252 cm³/mol. The highest BCUT2D eigenvalue weighted by atomic mass is 16.5. The number of benzene rings is 9. The van der Waals surface area contributed by atoms with Crippen LogP contribution in [-0.4, -0.2) is 7.11 Å². The lowest BCUT2D eigenvalue weighted by molar-refractivity contribution is 0.415. The zero-order valence-electron chi connectivity index (χ0n) is 34.0. The number of hydrogen-bond acceptors (Lipinski definition) is 4. The van der Waals surface area contributed by atoms with E-state index < -0.39 is 0 Å².